The molecule has 0 radical (unpaired) electrons. The first-order chi connectivity index (χ1) is 6.31. The summed E-state index contributed by atoms with van der Waals surface area (Å²) in [5.74, 6) is 2.64. The molecule has 0 spiro atoms. The van der Waals surface area contributed by atoms with Gasteiger partial charge in [0.15, 0.2) is 0 Å². The molecule has 76 valence electrons. The van der Waals surface area contributed by atoms with E-state index in [0.717, 1.165) is 12.8 Å². The third-order valence-corrected chi connectivity index (χ3v) is 1.77. The summed E-state index contributed by atoms with van der Waals surface area (Å²) in [5, 5.41) is 9.32. The Morgan fingerprint density at radius 2 is 2.00 bits per heavy atom. The lowest BCUT2D eigenvalue weighted by Crippen LogP contribution is -2.02. The molecule has 1 atom stereocenters. The second-order valence-corrected chi connectivity index (χ2v) is 3.04. The SMILES string of the molecule is CCCCCC[C@H](O)C#COCC. The van der Waals surface area contributed by atoms with Gasteiger partial charge in [-0.1, -0.05) is 26.2 Å². The van der Waals surface area contributed by atoms with Gasteiger partial charge in [0.25, 0.3) is 0 Å². The van der Waals surface area contributed by atoms with Crippen molar-refractivity contribution < 1.29 is 9.84 Å². The molecule has 0 aliphatic rings. The highest BCUT2D eigenvalue weighted by Crippen LogP contribution is 2.04. The molecular formula is C11H20O2. The van der Waals surface area contributed by atoms with E-state index in [2.05, 4.69) is 19.0 Å². The van der Waals surface area contributed by atoms with E-state index >= 15 is 0 Å². The molecule has 0 fully saturated rings. The van der Waals surface area contributed by atoms with E-state index in [4.69, 9.17) is 4.74 Å². The highest BCUT2D eigenvalue weighted by molar-refractivity contribution is 4.98. The lowest BCUT2D eigenvalue weighted by atomic mass is 10.1. The number of unbranched alkanes of at least 4 members (excludes halogenated alkanes) is 3. The zero-order valence-electron chi connectivity index (χ0n) is 8.68. The van der Waals surface area contributed by atoms with Crippen molar-refractivity contribution in [3.8, 4) is 12.0 Å². The summed E-state index contributed by atoms with van der Waals surface area (Å²) in [7, 11) is 0. The van der Waals surface area contributed by atoms with Crippen LogP contribution in [0.4, 0.5) is 0 Å². The zero-order valence-corrected chi connectivity index (χ0v) is 8.68. The van der Waals surface area contributed by atoms with E-state index in [1.54, 1.807) is 0 Å². The van der Waals surface area contributed by atoms with Crippen molar-refractivity contribution in [1.82, 2.24) is 0 Å². The van der Waals surface area contributed by atoms with E-state index in [1.165, 1.54) is 19.3 Å². The molecule has 13 heavy (non-hydrogen) atoms. The Balaban J connectivity index is 3.30. The molecule has 0 aromatic rings. The summed E-state index contributed by atoms with van der Waals surface area (Å²) in [5.41, 5.74) is 0. The molecule has 0 bridgehead atoms. The summed E-state index contributed by atoms with van der Waals surface area (Å²) in [4.78, 5) is 0. The largest absolute Gasteiger partial charge is 0.447 e. The van der Waals surface area contributed by atoms with Gasteiger partial charge in [0.2, 0.25) is 0 Å². The minimum atomic E-state index is -0.511. The molecule has 0 heterocycles. The highest BCUT2D eigenvalue weighted by atomic mass is 16.5. The van der Waals surface area contributed by atoms with Crippen LogP contribution in [0, 0.1) is 12.0 Å². The fourth-order valence-corrected chi connectivity index (χ4v) is 1.02. The van der Waals surface area contributed by atoms with Gasteiger partial charge < -0.3 is 9.84 Å². The smallest absolute Gasteiger partial charge is 0.118 e. The van der Waals surface area contributed by atoms with Crippen molar-refractivity contribution in [3.05, 3.63) is 0 Å². The second-order valence-electron chi connectivity index (χ2n) is 3.04. The number of aliphatic hydroxyl groups is 1. The fourth-order valence-electron chi connectivity index (χ4n) is 1.02. The van der Waals surface area contributed by atoms with Gasteiger partial charge in [0.05, 0.1) is 6.61 Å². The monoisotopic (exact) mass is 184 g/mol. The van der Waals surface area contributed by atoms with Gasteiger partial charge >= 0.3 is 0 Å². The average Bonchev–Trinajstić information content (AvgIpc) is 2.13. The van der Waals surface area contributed by atoms with Crippen molar-refractivity contribution in [2.75, 3.05) is 6.61 Å². The predicted molar refractivity (Wildman–Crippen MR) is 54.2 cm³/mol. The molecule has 2 nitrogen and oxygen atoms in total. The predicted octanol–water partition coefficient (Wildman–Crippen LogP) is 2.32. The first-order valence-electron chi connectivity index (χ1n) is 5.11. The van der Waals surface area contributed by atoms with E-state index in [-0.39, 0.29) is 0 Å². The van der Waals surface area contributed by atoms with Crippen molar-refractivity contribution in [1.29, 1.82) is 0 Å². The fraction of sp³-hybridized carbons (Fsp3) is 0.818. The molecule has 0 aromatic heterocycles. The average molecular weight is 184 g/mol. The van der Waals surface area contributed by atoms with Crippen molar-refractivity contribution in [3.63, 3.8) is 0 Å². The molecular weight excluding hydrogens is 164 g/mol. The summed E-state index contributed by atoms with van der Waals surface area (Å²) in [6.45, 7) is 4.63. The molecule has 0 aliphatic carbocycles. The molecule has 0 saturated heterocycles. The first kappa shape index (κ1) is 12.3. The number of rotatable bonds is 6. The summed E-state index contributed by atoms with van der Waals surface area (Å²) < 4.78 is 4.81. The van der Waals surface area contributed by atoms with Crippen LogP contribution >= 0.6 is 0 Å². The Morgan fingerprint density at radius 3 is 2.62 bits per heavy atom. The molecule has 0 aromatic carbocycles. The van der Waals surface area contributed by atoms with Crippen LogP contribution in [0.2, 0.25) is 0 Å². The van der Waals surface area contributed by atoms with Crippen LogP contribution in [0.25, 0.3) is 0 Å². The first-order valence-corrected chi connectivity index (χ1v) is 5.11. The highest BCUT2D eigenvalue weighted by Gasteiger charge is 1.97. The summed E-state index contributed by atoms with van der Waals surface area (Å²) >= 11 is 0. The Labute approximate surface area is 81.3 Å². The van der Waals surface area contributed by atoms with E-state index in [1.807, 2.05) is 6.92 Å². The molecule has 1 N–H and O–H groups in total. The Morgan fingerprint density at radius 1 is 1.23 bits per heavy atom. The Kier molecular flexibility index (Phi) is 8.92. The summed E-state index contributed by atoms with van der Waals surface area (Å²) in [6, 6.07) is 0. The van der Waals surface area contributed by atoms with Crippen LogP contribution in [-0.2, 0) is 4.74 Å². The normalized spacial score (nSPS) is 11.6. The van der Waals surface area contributed by atoms with Gasteiger partial charge in [-0.25, -0.2) is 0 Å². The lowest BCUT2D eigenvalue weighted by Gasteiger charge is -2.01. The maximum atomic E-state index is 9.32. The van der Waals surface area contributed by atoms with Crippen LogP contribution in [0.15, 0.2) is 0 Å². The standard InChI is InChI=1S/C11H20O2/c1-3-5-6-7-8-11(12)9-10-13-4-2/h11-12H,3-8H2,1-2H3/t11-/m0/s1. The van der Waals surface area contributed by atoms with E-state index in [0.29, 0.717) is 6.61 Å². The van der Waals surface area contributed by atoms with Crippen LogP contribution in [-0.4, -0.2) is 17.8 Å². The lowest BCUT2D eigenvalue weighted by molar-refractivity contribution is 0.214. The maximum Gasteiger partial charge on any atom is 0.118 e. The quantitative estimate of drug-likeness (QED) is 0.507. The van der Waals surface area contributed by atoms with Gasteiger partial charge in [-0.2, -0.15) is 0 Å². The number of ether oxygens (including phenoxy) is 1. The molecule has 0 rings (SSSR count). The number of aliphatic hydroxyl groups excluding tert-OH is 1. The van der Waals surface area contributed by atoms with Gasteiger partial charge in [-0.05, 0) is 25.7 Å². The topological polar surface area (TPSA) is 29.5 Å². The van der Waals surface area contributed by atoms with Gasteiger partial charge in [0, 0.05) is 0 Å². The number of hydrogen-bond acceptors (Lipinski definition) is 2. The van der Waals surface area contributed by atoms with Crippen molar-refractivity contribution in [2.24, 2.45) is 0 Å². The number of hydrogen-bond donors (Lipinski definition) is 1. The van der Waals surface area contributed by atoms with Crippen LogP contribution in [0.3, 0.4) is 0 Å². The van der Waals surface area contributed by atoms with Gasteiger partial charge in [0.1, 0.15) is 12.2 Å². The van der Waals surface area contributed by atoms with Gasteiger partial charge in [-0.3, -0.25) is 0 Å². The third-order valence-electron chi connectivity index (χ3n) is 1.77. The van der Waals surface area contributed by atoms with Crippen molar-refractivity contribution >= 4 is 0 Å². The van der Waals surface area contributed by atoms with Crippen LogP contribution in [0.1, 0.15) is 46.0 Å². The Hall–Kier alpha value is -0.680. The summed E-state index contributed by atoms with van der Waals surface area (Å²) in [6.07, 6.45) is 7.43. The van der Waals surface area contributed by atoms with Crippen molar-refractivity contribution in [2.45, 2.75) is 52.1 Å². The van der Waals surface area contributed by atoms with E-state index < -0.39 is 6.10 Å². The molecule has 0 amide bonds. The van der Waals surface area contributed by atoms with Crippen LogP contribution in [0.5, 0.6) is 0 Å². The minimum absolute atomic E-state index is 0.511. The van der Waals surface area contributed by atoms with Gasteiger partial charge in [-0.15, -0.1) is 0 Å². The third kappa shape index (κ3) is 9.23. The molecule has 2 heteroatoms. The Bertz CT molecular complexity index is 155. The van der Waals surface area contributed by atoms with Crippen LogP contribution < -0.4 is 0 Å². The zero-order chi connectivity index (χ0) is 9.94. The minimum Gasteiger partial charge on any atom is -0.447 e. The molecule has 0 unspecified atom stereocenters. The molecule has 0 aliphatic heterocycles. The van der Waals surface area contributed by atoms with E-state index in [9.17, 15) is 5.11 Å². The second kappa shape index (κ2) is 9.41. The maximum absolute atomic E-state index is 9.32. The molecule has 0 saturated carbocycles.